The standard InChI is InChI=1S/C12H17N3O/c16-12-8-10-4-3-5-11(10)13-15(12)9-14-6-1-2-7-14/h8H,1-7,9H2. The van der Waals surface area contributed by atoms with Crippen LogP contribution in [0.2, 0.25) is 0 Å². The van der Waals surface area contributed by atoms with Crippen LogP contribution in [-0.4, -0.2) is 27.8 Å². The highest BCUT2D eigenvalue weighted by Gasteiger charge is 2.17. The van der Waals surface area contributed by atoms with Gasteiger partial charge in [0.15, 0.2) is 0 Å². The molecule has 1 aromatic rings. The molecule has 0 spiro atoms. The number of nitrogens with zero attached hydrogens (tertiary/aromatic N) is 3. The van der Waals surface area contributed by atoms with E-state index in [0.717, 1.165) is 38.0 Å². The molecule has 4 heteroatoms. The molecule has 1 aliphatic heterocycles. The van der Waals surface area contributed by atoms with Crippen LogP contribution in [0.4, 0.5) is 0 Å². The minimum Gasteiger partial charge on any atom is -0.284 e. The molecule has 1 fully saturated rings. The second-order valence-electron chi connectivity index (χ2n) is 4.77. The van der Waals surface area contributed by atoms with Crippen molar-refractivity contribution >= 4 is 0 Å². The number of aromatic nitrogens is 2. The van der Waals surface area contributed by atoms with E-state index in [1.807, 2.05) is 0 Å². The predicted octanol–water partition coefficient (Wildman–Crippen LogP) is 0.785. The number of fused-ring (bicyclic) bond motifs is 1. The number of aryl methyl sites for hydroxylation is 2. The van der Waals surface area contributed by atoms with E-state index < -0.39 is 0 Å². The lowest BCUT2D eigenvalue weighted by Gasteiger charge is -2.15. The zero-order valence-corrected chi connectivity index (χ0v) is 9.48. The molecule has 0 bridgehead atoms. The van der Waals surface area contributed by atoms with Crippen molar-refractivity contribution in [2.75, 3.05) is 13.1 Å². The Hall–Kier alpha value is -1.16. The van der Waals surface area contributed by atoms with Gasteiger partial charge in [0.2, 0.25) is 0 Å². The minimum atomic E-state index is 0.0625. The lowest BCUT2D eigenvalue weighted by atomic mass is 10.2. The number of hydrogen-bond acceptors (Lipinski definition) is 3. The first-order valence-electron chi connectivity index (χ1n) is 6.15. The van der Waals surface area contributed by atoms with E-state index in [4.69, 9.17) is 0 Å². The molecular formula is C12H17N3O. The highest BCUT2D eigenvalue weighted by molar-refractivity contribution is 5.22. The molecule has 1 aliphatic carbocycles. The molecule has 0 amide bonds. The van der Waals surface area contributed by atoms with Crippen LogP contribution in [-0.2, 0) is 19.5 Å². The fourth-order valence-electron chi connectivity index (χ4n) is 2.65. The Morgan fingerprint density at radius 1 is 1.19 bits per heavy atom. The third kappa shape index (κ3) is 1.78. The van der Waals surface area contributed by atoms with Crippen molar-refractivity contribution in [3.63, 3.8) is 0 Å². The molecule has 86 valence electrons. The van der Waals surface area contributed by atoms with Crippen molar-refractivity contribution in [2.45, 2.75) is 38.8 Å². The quantitative estimate of drug-likeness (QED) is 0.738. The number of hydrogen-bond donors (Lipinski definition) is 0. The molecule has 0 radical (unpaired) electrons. The summed E-state index contributed by atoms with van der Waals surface area (Å²) in [6.07, 6.45) is 5.71. The molecule has 2 aliphatic rings. The summed E-state index contributed by atoms with van der Waals surface area (Å²) in [5, 5.41) is 4.48. The average Bonchev–Trinajstić information content (AvgIpc) is 2.89. The van der Waals surface area contributed by atoms with E-state index in [0.29, 0.717) is 6.67 Å². The van der Waals surface area contributed by atoms with E-state index in [2.05, 4.69) is 10.00 Å². The van der Waals surface area contributed by atoms with Gasteiger partial charge in [0, 0.05) is 6.07 Å². The Labute approximate surface area is 94.9 Å². The Bertz CT molecular complexity index is 446. The fourth-order valence-corrected chi connectivity index (χ4v) is 2.65. The molecule has 16 heavy (non-hydrogen) atoms. The largest absolute Gasteiger partial charge is 0.284 e. The van der Waals surface area contributed by atoms with Gasteiger partial charge in [-0.25, -0.2) is 4.68 Å². The average molecular weight is 219 g/mol. The van der Waals surface area contributed by atoms with E-state index in [9.17, 15) is 4.79 Å². The van der Waals surface area contributed by atoms with Crippen LogP contribution < -0.4 is 5.56 Å². The summed E-state index contributed by atoms with van der Waals surface area (Å²) in [6.45, 7) is 2.88. The summed E-state index contributed by atoms with van der Waals surface area (Å²) in [4.78, 5) is 14.1. The maximum atomic E-state index is 11.8. The summed E-state index contributed by atoms with van der Waals surface area (Å²) in [7, 11) is 0. The molecule has 1 aromatic heterocycles. The van der Waals surface area contributed by atoms with Gasteiger partial charge in [-0.1, -0.05) is 0 Å². The predicted molar refractivity (Wildman–Crippen MR) is 61.3 cm³/mol. The lowest BCUT2D eigenvalue weighted by Crippen LogP contribution is -2.32. The SMILES string of the molecule is O=c1cc2c(nn1CN1CCCC1)CCC2. The van der Waals surface area contributed by atoms with Gasteiger partial charge < -0.3 is 0 Å². The molecule has 0 unspecified atom stereocenters. The zero-order valence-electron chi connectivity index (χ0n) is 9.48. The van der Waals surface area contributed by atoms with Crippen molar-refractivity contribution in [3.05, 3.63) is 27.7 Å². The monoisotopic (exact) mass is 219 g/mol. The van der Waals surface area contributed by atoms with Gasteiger partial charge in [-0.15, -0.1) is 0 Å². The van der Waals surface area contributed by atoms with E-state index in [-0.39, 0.29) is 5.56 Å². The first-order chi connectivity index (χ1) is 7.83. The van der Waals surface area contributed by atoms with Gasteiger partial charge in [-0.05, 0) is 50.8 Å². The minimum absolute atomic E-state index is 0.0625. The van der Waals surface area contributed by atoms with Gasteiger partial charge >= 0.3 is 0 Å². The first-order valence-corrected chi connectivity index (χ1v) is 6.15. The van der Waals surface area contributed by atoms with Crippen molar-refractivity contribution in [3.8, 4) is 0 Å². The molecule has 0 N–H and O–H groups in total. The topological polar surface area (TPSA) is 38.1 Å². The Morgan fingerprint density at radius 2 is 2.00 bits per heavy atom. The van der Waals surface area contributed by atoms with Gasteiger partial charge in [0.25, 0.3) is 5.56 Å². The highest BCUT2D eigenvalue weighted by Crippen LogP contribution is 2.17. The molecule has 1 saturated heterocycles. The fraction of sp³-hybridized carbons (Fsp3) is 0.667. The van der Waals surface area contributed by atoms with Crippen LogP contribution in [0.15, 0.2) is 10.9 Å². The van der Waals surface area contributed by atoms with Crippen LogP contribution in [0.5, 0.6) is 0 Å². The lowest BCUT2D eigenvalue weighted by molar-refractivity contribution is 0.247. The second kappa shape index (κ2) is 4.01. The van der Waals surface area contributed by atoms with Gasteiger partial charge in [0.1, 0.15) is 0 Å². The van der Waals surface area contributed by atoms with Gasteiger partial charge in [-0.2, -0.15) is 5.10 Å². The van der Waals surface area contributed by atoms with Crippen LogP contribution in [0.3, 0.4) is 0 Å². The van der Waals surface area contributed by atoms with Gasteiger partial charge in [-0.3, -0.25) is 9.69 Å². The van der Waals surface area contributed by atoms with Crippen molar-refractivity contribution < 1.29 is 0 Å². The summed E-state index contributed by atoms with van der Waals surface area (Å²) in [5.41, 5.74) is 2.37. The third-order valence-corrected chi connectivity index (χ3v) is 3.56. The van der Waals surface area contributed by atoms with Crippen molar-refractivity contribution in [2.24, 2.45) is 0 Å². The molecular weight excluding hydrogens is 202 g/mol. The smallest absolute Gasteiger partial charge is 0.268 e. The zero-order chi connectivity index (χ0) is 11.0. The van der Waals surface area contributed by atoms with E-state index >= 15 is 0 Å². The number of likely N-dealkylation sites (tertiary alicyclic amines) is 1. The first kappa shape index (κ1) is 10.0. The van der Waals surface area contributed by atoms with Crippen molar-refractivity contribution in [1.82, 2.24) is 14.7 Å². The Balaban J connectivity index is 1.86. The summed E-state index contributed by atoms with van der Waals surface area (Å²) >= 11 is 0. The maximum Gasteiger partial charge on any atom is 0.268 e. The van der Waals surface area contributed by atoms with Crippen LogP contribution in [0.1, 0.15) is 30.5 Å². The highest BCUT2D eigenvalue weighted by atomic mass is 16.1. The molecule has 0 atom stereocenters. The maximum absolute atomic E-state index is 11.8. The molecule has 4 nitrogen and oxygen atoms in total. The summed E-state index contributed by atoms with van der Waals surface area (Å²) in [6, 6.07) is 1.78. The second-order valence-corrected chi connectivity index (χ2v) is 4.77. The van der Waals surface area contributed by atoms with Crippen molar-refractivity contribution in [1.29, 1.82) is 0 Å². The van der Waals surface area contributed by atoms with E-state index in [1.54, 1.807) is 10.7 Å². The molecule has 0 saturated carbocycles. The Morgan fingerprint density at radius 3 is 2.81 bits per heavy atom. The molecule has 0 aromatic carbocycles. The summed E-state index contributed by atoms with van der Waals surface area (Å²) < 4.78 is 1.63. The third-order valence-electron chi connectivity index (χ3n) is 3.56. The normalized spacial score (nSPS) is 20.2. The van der Waals surface area contributed by atoms with Crippen LogP contribution in [0.25, 0.3) is 0 Å². The summed E-state index contributed by atoms with van der Waals surface area (Å²) in [5.74, 6) is 0. The van der Waals surface area contributed by atoms with E-state index in [1.165, 1.54) is 18.4 Å². The Kier molecular flexibility index (Phi) is 2.52. The number of rotatable bonds is 2. The van der Waals surface area contributed by atoms with Crippen LogP contribution in [0, 0.1) is 0 Å². The van der Waals surface area contributed by atoms with Gasteiger partial charge in [0.05, 0.1) is 12.4 Å². The molecule has 2 heterocycles. The van der Waals surface area contributed by atoms with Crippen LogP contribution >= 0.6 is 0 Å². The molecule has 3 rings (SSSR count).